The molecule has 1 aromatic heterocycles. The van der Waals surface area contributed by atoms with E-state index in [2.05, 4.69) is 10.3 Å². The Morgan fingerprint density at radius 1 is 1.14 bits per heavy atom. The van der Waals surface area contributed by atoms with Gasteiger partial charge in [0.1, 0.15) is 5.75 Å². The van der Waals surface area contributed by atoms with E-state index in [4.69, 9.17) is 4.74 Å². The highest BCUT2D eigenvalue weighted by Crippen LogP contribution is 2.35. The molecule has 0 atom stereocenters. The lowest BCUT2D eigenvalue weighted by Gasteiger charge is -2.13. The van der Waals surface area contributed by atoms with E-state index in [1.165, 1.54) is 18.3 Å². The average molecular weight is 402 g/mol. The van der Waals surface area contributed by atoms with E-state index in [0.717, 1.165) is 12.1 Å². The number of amides is 1. The van der Waals surface area contributed by atoms with Crippen molar-refractivity contribution in [3.63, 3.8) is 0 Å². The maximum atomic E-state index is 12.9. The number of halogens is 3. The Kier molecular flexibility index (Phi) is 5.77. The van der Waals surface area contributed by atoms with E-state index < -0.39 is 11.7 Å². The van der Waals surface area contributed by atoms with E-state index in [1.54, 1.807) is 18.2 Å². The van der Waals surface area contributed by atoms with Gasteiger partial charge in [-0.05, 0) is 56.7 Å². The van der Waals surface area contributed by atoms with Crippen LogP contribution in [-0.2, 0) is 6.18 Å². The number of nitrogens with one attached hydrogen (secondary N) is 1. The molecule has 0 aliphatic rings. The van der Waals surface area contributed by atoms with Gasteiger partial charge in [-0.15, -0.1) is 0 Å². The van der Waals surface area contributed by atoms with Gasteiger partial charge in [0, 0.05) is 23.2 Å². The van der Waals surface area contributed by atoms with Gasteiger partial charge in [-0.25, -0.2) is 0 Å². The Hall–Kier alpha value is -3.09. The molecule has 7 heteroatoms. The highest BCUT2D eigenvalue weighted by Gasteiger charge is 2.30. The Balaban J connectivity index is 2.11. The van der Waals surface area contributed by atoms with Crippen LogP contribution in [0.3, 0.4) is 0 Å². The highest BCUT2D eigenvalue weighted by molar-refractivity contribution is 6.01. The standard InChI is InChI=1S/C22H21F3N2O2/c1-4-29-18-10-15-9-16(21(28)27-13(2)3)12-26-20(15)19(11-18)14-5-7-17(8-6-14)22(23,24)25/h5-13H,4H2,1-3H3,(H,27,28). The van der Waals surface area contributed by atoms with E-state index in [9.17, 15) is 18.0 Å². The molecule has 0 saturated heterocycles. The number of fused-ring (bicyclic) bond motifs is 1. The van der Waals surface area contributed by atoms with Gasteiger partial charge in [0.25, 0.3) is 5.91 Å². The summed E-state index contributed by atoms with van der Waals surface area (Å²) in [7, 11) is 0. The molecule has 0 spiro atoms. The fourth-order valence-electron chi connectivity index (χ4n) is 3.00. The lowest BCUT2D eigenvalue weighted by atomic mass is 9.99. The third-order valence-corrected chi connectivity index (χ3v) is 4.27. The number of aromatic nitrogens is 1. The second kappa shape index (κ2) is 8.11. The Labute approximate surface area is 166 Å². The molecule has 3 aromatic rings. The van der Waals surface area contributed by atoms with Gasteiger partial charge in [0.2, 0.25) is 0 Å². The Morgan fingerprint density at radius 2 is 1.83 bits per heavy atom. The average Bonchev–Trinajstić information content (AvgIpc) is 2.66. The zero-order valence-corrected chi connectivity index (χ0v) is 16.3. The number of hydrogen-bond donors (Lipinski definition) is 1. The topological polar surface area (TPSA) is 51.2 Å². The zero-order valence-electron chi connectivity index (χ0n) is 16.3. The van der Waals surface area contributed by atoms with Gasteiger partial charge in [0.15, 0.2) is 0 Å². The largest absolute Gasteiger partial charge is 0.494 e. The van der Waals surface area contributed by atoms with Crippen molar-refractivity contribution in [3.8, 4) is 16.9 Å². The van der Waals surface area contributed by atoms with Crippen LogP contribution < -0.4 is 10.1 Å². The maximum Gasteiger partial charge on any atom is 0.416 e. The summed E-state index contributed by atoms with van der Waals surface area (Å²) in [5.74, 6) is 0.311. The molecule has 1 heterocycles. The lowest BCUT2D eigenvalue weighted by molar-refractivity contribution is -0.137. The minimum Gasteiger partial charge on any atom is -0.494 e. The minimum absolute atomic E-state index is 0.0179. The van der Waals surface area contributed by atoms with Crippen LogP contribution in [0.5, 0.6) is 5.75 Å². The van der Waals surface area contributed by atoms with E-state index in [0.29, 0.717) is 39.9 Å². The number of rotatable bonds is 5. The summed E-state index contributed by atoms with van der Waals surface area (Å²) in [6, 6.07) is 10.1. The normalized spacial score (nSPS) is 11.7. The summed E-state index contributed by atoms with van der Waals surface area (Å²) in [4.78, 5) is 16.7. The monoisotopic (exact) mass is 402 g/mol. The fraction of sp³-hybridized carbons (Fsp3) is 0.273. The van der Waals surface area contributed by atoms with Crippen molar-refractivity contribution < 1.29 is 22.7 Å². The summed E-state index contributed by atoms with van der Waals surface area (Å²) >= 11 is 0. The van der Waals surface area contributed by atoms with Crippen molar-refractivity contribution in [1.82, 2.24) is 10.3 Å². The van der Waals surface area contributed by atoms with Crippen molar-refractivity contribution >= 4 is 16.8 Å². The van der Waals surface area contributed by atoms with E-state index in [1.807, 2.05) is 20.8 Å². The third-order valence-electron chi connectivity index (χ3n) is 4.27. The first kappa shape index (κ1) is 20.6. The zero-order chi connectivity index (χ0) is 21.2. The third kappa shape index (κ3) is 4.67. The molecule has 0 bridgehead atoms. The number of hydrogen-bond acceptors (Lipinski definition) is 3. The molecular weight excluding hydrogens is 381 g/mol. The first-order valence-electron chi connectivity index (χ1n) is 9.24. The molecule has 152 valence electrons. The molecule has 29 heavy (non-hydrogen) atoms. The number of alkyl halides is 3. The molecule has 0 unspecified atom stereocenters. The van der Waals surface area contributed by atoms with Crippen LogP contribution >= 0.6 is 0 Å². The smallest absolute Gasteiger partial charge is 0.416 e. The first-order chi connectivity index (χ1) is 13.7. The molecule has 1 amide bonds. The molecular formula is C22H21F3N2O2. The maximum absolute atomic E-state index is 12.9. The van der Waals surface area contributed by atoms with Gasteiger partial charge in [-0.2, -0.15) is 13.2 Å². The molecule has 0 saturated carbocycles. The molecule has 4 nitrogen and oxygen atoms in total. The second-order valence-corrected chi connectivity index (χ2v) is 6.90. The summed E-state index contributed by atoms with van der Waals surface area (Å²) in [6.45, 7) is 6.00. The Bertz CT molecular complexity index is 1030. The van der Waals surface area contributed by atoms with Gasteiger partial charge < -0.3 is 10.1 Å². The van der Waals surface area contributed by atoms with Crippen molar-refractivity contribution in [2.45, 2.75) is 33.0 Å². The summed E-state index contributed by atoms with van der Waals surface area (Å²) in [6.07, 6.45) is -2.93. The van der Waals surface area contributed by atoms with Crippen LogP contribution in [0.25, 0.3) is 22.0 Å². The molecule has 0 aliphatic heterocycles. The SMILES string of the molecule is CCOc1cc(-c2ccc(C(F)(F)F)cc2)c2ncc(C(=O)NC(C)C)cc2c1. The number of ether oxygens (including phenoxy) is 1. The van der Waals surface area contributed by atoms with E-state index >= 15 is 0 Å². The van der Waals surface area contributed by atoms with Gasteiger partial charge >= 0.3 is 6.18 Å². The number of nitrogens with zero attached hydrogens (tertiary/aromatic N) is 1. The van der Waals surface area contributed by atoms with Crippen LogP contribution in [0.15, 0.2) is 48.7 Å². The number of pyridine rings is 1. The molecule has 0 fully saturated rings. The van der Waals surface area contributed by atoms with Crippen molar-refractivity contribution in [1.29, 1.82) is 0 Å². The summed E-state index contributed by atoms with van der Waals surface area (Å²) < 4.78 is 44.2. The quantitative estimate of drug-likeness (QED) is 0.617. The van der Waals surface area contributed by atoms with Gasteiger partial charge in [0.05, 0.1) is 23.3 Å². The molecule has 0 radical (unpaired) electrons. The van der Waals surface area contributed by atoms with Crippen molar-refractivity contribution in [2.75, 3.05) is 6.61 Å². The number of carbonyl (C=O) groups excluding carboxylic acids is 1. The van der Waals surface area contributed by atoms with Crippen molar-refractivity contribution in [3.05, 3.63) is 59.8 Å². The molecule has 1 N–H and O–H groups in total. The molecule has 2 aromatic carbocycles. The van der Waals surface area contributed by atoms with Crippen LogP contribution in [0, 0.1) is 0 Å². The Morgan fingerprint density at radius 3 is 2.41 bits per heavy atom. The summed E-state index contributed by atoms with van der Waals surface area (Å²) in [5.41, 5.74) is 1.48. The van der Waals surface area contributed by atoms with Crippen molar-refractivity contribution in [2.24, 2.45) is 0 Å². The van der Waals surface area contributed by atoms with Gasteiger partial charge in [-0.3, -0.25) is 9.78 Å². The van der Waals surface area contributed by atoms with Gasteiger partial charge in [-0.1, -0.05) is 12.1 Å². The molecule has 0 aliphatic carbocycles. The van der Waals surface area contributed by atoms with Crippen LogP contribution in [0.4, 0.5) is 13.2 Å². The van der Waals surface area contributed by atoms with Crippen LogP contribution in [0.1, 0.15) is 36.7 Å². The van der Waals surface area contributed by atoms with Crippen LogP contribution in [-0.4, -0.2) is 23.5 Å². The predicted molar refractivity (Wildman–Crippen MR) is 106 cm³/mol. The van der Waals surface area contributed by atoms with E-state index in [-0.39, 0.29) is 11.9 Å². The lowest BCUT2D eigenvalue weighted by Crippen LogP contribution is -2.30. The number of benzene rings is 2. The highest BCUT2D eigenvalue weighted by atomic mass is 19.4. The summed E-state index contributed by atoms with van der Waals surface area (Å²) in [5, 5.41) is 3.48. The fourth-order valence-corrected chi connectivity index (χ4v) is 3.00. The first-order valence-corrected chi connectivity index (χ1v) is 9.24. The number of carbonyl (C=O) groups is 1. The molecule has 3 rings (SSSR count). The van der Waals surface area contributed by atoms with Crippen LogP contribution in [0.2, 0.25) is 0 Å². The predicted octanol–water partition coefficient (Wildman–Crippen LogP) is 5.46. The minimum atomic E-state index is -4.40. The second-order valence-electron chi connectivity index (χ2n) is 6.90.